The van der Waals surface area contributed by atoms with E-state index in [1.165, 1.54) is 19.2 Å². The minimum Gasteiger partial charge on any atom is -0.475 e. The summed E-state index contributed by atoms with van der Waals surface area (Å²) in [4.78, 5) is 10.2. The molecule has 0 saturated heterocycles. The lowest BCUT2D eigenvalue weighted by atomic mass is 10.5. The lowest BCUT2D eigenvalue weighted by molar-refractivity contribution is 0.0656. The summed E-state index contributed by atoms with van der Waals surface area (Å²) in [6.45, 7) is 0. The average Bonchev–Trinajstić information content (AvgIpc) is 2.34. The predicted octanol–water partition coefficient (Wildman–Crippen LogP) is 0.986. The Kier molecular flexibility index (Phi) is 1.62. The Bertz CT molecular complexity index is 238. The van der Waals surface area contributed by atoms with Crippen molar-refractivity contribution in [3.63, 3.8) is 0 Å². The fraction of sp³-hybridized carbons (Fsp3) is 0.167. The lowest BCUT2D eigenvalue weighted by Crippen LogP contribution is -1.91. The van der Waals surface area contributed by atoms with E-state index in [1.54, 1.807) is 0 Å². The van der Waals surface area contributed by atoms with Crippen LogP contribution in [-0.4, -0.2) is 18.2 Å². The summed E-state index contributed by atoms with van der Waals surface area (Å²) in [7, 11) is 1.41. The molecule has 1 aromatic rings. The minimum atomic E-state index is -1.09. The fourth-order valence-electron chi connectivity index (χ4n) is 0.545. The molecule has 0 saturated carbocycles. The first-order chi connectivity index (χ1) is 4.74. The molecule has 0 atom stereocenters. The summed E-state index contributed by atoms with van der Waals surface area (Å²) in [5.74, 6) is -1.00. The predicted molar refractivity (Wildman–Crippen MR) is 32.2 cm³/mol. The Morgan fingerprint density at radius 2 is 2.40 bits per heavy atom. The van der Waals surface area contributed by atoms with E-state index in [4.69, 9.17) is 5.11 Å². The molecule has 0 aliphatic rings. The molecule has 0 unspecified atom stereocenters. The van der Waals surface area contributed by atoms with Crippen LogP contribution in [0.3, 0.4) is 0 Å². The Morgan fingerprint density at radius 1 is 1.70 bits per heavy atom. The highest BCUT2D eigenvalue weighted by Crippen LogP contribution is 2.14. The molecule has 0 fully saturated rings. The molecule has 1 heterocycles. The van der Waals surface area contributed by atoms with Gasteiger partial charge in [0.1, 0.15) is 0 Å². The van der Waals surface area contributed by atoms with E-state index < -0.39 is 5.97 Å². The number of carboxylic acid groups (broad SMARTS) is 1. The highest BCUT2D eigenvalue weighted by Gasteiger charge is 2.07. The number of hydrogen-bond acceptors (Lipinski definition) is 3. The van der Waals surface area contributed by atoms with Gasteiger partial charge in [-0.05, 0) is 6.07 Å². The number of furan rings is 1. The molecule has 0 spiro atoms. The van der Waals surface area contributed by atoms with Crippen molar-refractivity contribution < 1.29 is 19.1 Å². The van der Waals surface area contributed by atoms with Gasteiger partial charge in [0.15, 0.2) is 0 Å². The molecule has 0 aliphatic carbocycles. The van der Waals surface area contributed by atoms with Gasteiger partial charge in [-0.2, -0.15) is 0 Å². The molecule has 10 heavy (non-hydrogen) atoms. The molecule has 1 rings (SSSR count). The van der Waals surface area contributed by atoms with Crippen LogP contribution in [0.2, 0.25) is 0 Å². The van der Waals surface area contributed by atoms with E-state index in [0.29, 0.717) is 0 Å². The second kappa shape index (κ2) is 2.43. The first-order valence-corrected chi connectivity index (χ1v) is 2.61. The summed E-state index contributed by atoms with van der Waals surface area (Å²) in [6.07, 6.45) is 0. The van der Waals surface area contributed by atoms with Gasteiger partial charge >= 0.3 is 5.97 Å². The van der Waals surface area contributed by atoms with Gasteiger partial charge in [0.25, 0.3) is 5.95 Å². The van der Waals surface area contributed by atoms with Crippen LogP contribution in [0.25, 0.3) is 0 Å². The summed E-state index contributed by atoms with van der Waals surface area (Å²) in [6, 6.07) is 2.78. The summed E-state index contributed by atoms with van der Waals surface area (Å²) < 4.78 is 9.29. The lowest BCUT2D eigenvalue weighted by Gasteiger charge is -1.88. The number of methoxy groups -OCH3 is 1. The summed E-state index contributed by atoms with van der Waals surface area (Å²) in [5, 5.41) is 8.34. The summed E-state index contributed by atoms with van der Waals surface area (Å²) >= 11 is 0. The maximum Gasteiger partial charge on any atom is 0.371 e. The van der Waals surface area contributed by atoms with E-state index in [0.717, 1.165) is 0 Å². The first-order valence-electron chi connectivity index (χ1n) is 2.61. The molecular weight excluding hydrogens is 136 g/mol. The molecule has 1 aromatic heterocycles. The second-order valence-corrected chi connectivity index (χ2v) is 1.63. The van der Waals surface area contributed by atoms with Gasteiger partial charge < -0.3 is 14.3 Å². The first kappa shape index (κ1) is 6.67. The molecule has 4 heteroatoms. The highest BCUT2D eigenvalue weighted by molar-refractivity contribution is 5.84. The summed E-state index contributed by atoms with van der Waals surface area (Å²) in [5.41, 5.74) is 0. The fourth-order valence-corrected chi connectivity index (χ4v) is 0.545. The monoisotopic (exact) mass is 142 g/mol. The van der Waals surface area contributed by atoms with E-state index in [9.17, 15) is 4.79 Å². The molecule has 0 aliphatic heterocycles. The molecule has 1 N–H and O–H groups in total. The van der Waals surface area contributed by atoms with Gasteiger partial charge in [-0.3, -0.25) is 0 Å². The number of ether oxygens (including phenoxy) is 1. The zero-order valence-electron chi connectivity index (χ0n) is 5.33. The number of carboxylic acids is 1. The van der Waals surface area contributed by atoms with Gasteiger partial charge in [0, 0.05) is 6.07 Å². The van der Waals surface area contributed by atoms with Crippen LogP contribution in [0.5, 0.6) is 5.95 Å². The van der Waals surface area contributed by atoms with E-state index in [2.05, 4.69) is 9.15 Å². The standard InChI is InChI=1S/C6H6O4/c1-9-5-3-2-4(10-5)6(7)8/h2-3H,1H3,(H,7,8). The molecule has 0 radical (unpaired) electrons. The smallest absolute Gasteiger partial charge is 0.371 e. The van der Waals surface area contributed by atoms with Crippen LogP contribution in [-0.2, 0) is 0 Å². The van der Waals surface area contributed by atoms with Crippen molar-refractivity contribution in [1.82, 2.24) is 0 Å². The van der Waals surface area contributed by atoms with Crippen molar-refractivity contribution >= 4 is 5.97 Å². The van der Waals surface area contributed by atoms with E-state index in [-0.39, 0.29) is 11.7 Å². The number of rotatable bonds is 2. The Morgan fingerprint density at radius 3 is 2.70 bits per heavy atom. The van der Waals surface area contributed by atoms with Gasteiger partial charge in [0.2, 0.25) is 5.76 Å². The quantitative estimate of drug-likeness (QED) is 0.668. The Labute approximate surface area is 57.0 Å². The largest absolute Gasteiger partial charge is 0.475 e. The van der Waals surface area contributed by atoms with Gasteiger partial charge in [-0.15, -0.1) is 0 Å². The maximum absolute atomic E-state index is 10.2. The minimum absolute atomic E-state index is 0.114. The highest BCUT2D eigenvalue weighted by atomic mass is 16.6. The van der Waals surface area contributed by atoms with Crippen LogP contribution in [0.4, 0.5) is 0 Å². The van der Waals surface area contributed by atoms with Crippen molar-refractivity contribution in [3.05, 3.63) is 17.9 Å². The third-order valence-electron chi connectivity index (χ3n) is 0.993. The van der Waals surface area contributed by atoms with Gasteiger partial charge in [0.05, 0.1) is 7.11 Å². The topological polar surface area (TPSA) is 59.7 Å². The van der Waals surface area contributed by atoms with Crippen LogP contribution in [0, 0.1) is 0 Å². The van der Waals surface area contributed by atoms with Crippen molar-refractivity contribution in [2.75, 3.05) is 7.11 Å². The zero-order chi connectivity index (χ0) is 7.56. The van der Waals surface area contributed by atoms with Crippen molar-refractivity contribution in [1.29, 1.82) is 0 Å². The number of aromatic carboxylic acids is 1. The number of carbonyl (C=O) groups is 1. The van der Waals surface area contributed by atoms with Crippen molar-refractivity contribution in [3.8, 4) is 5.95 Å². The third-order valence-corrected chi connectivity index (χ3v) is 0.993. The van der Waals surface area contributed by atoms with Crippen LogP contribution in [0.15, 0.2) is 16.5 Å². The molecule has 0 bridgehead atoms. The van der Waals surface area contributed by atoms with Crippen molar-refractivity contribution in [2.45, 2.75) is 0 Å². The maximum atomic E-state index is 10.2. The Hall–Kier alpha value is -1.45. The number of hydrogen-bond donors (Lipinski definition) is 1. The van der Waals surface area contributed by atoms with Crippen molar-refractivity contribution in [2.24, 2.45) is 0 Å². The van der Waals surface area contributed by atoms with Crippen LogP contribution < -0.4 is 4.74 Å². The van der Waals surface area contributed by atoms with Crippen LogP contribution in [0.1, 0.15) is 10.6 Å². The molecular formula is C6H6O4. The second-order valence-electron chi connectivity index (χ2n) is 1.63. The SMILES string of the molecule is COc1ccc(C(=O)O)o1. The van der Waals surface area contributed by atoms with E-state index >= 15 is 0 Å². The molecule has 0 amide bonds. The van der Waals surface area contributed by atoms with Gasteiger partial charge in [-0.1, -0.05) is 0 Å². The van der Waals surface area contributed by atoms with Crippen LogP contribution >= 0.6 is 0 Å². The normalized spacial score (nSPS) is 9.30. The molecule has 54 valence electrons. The average molecular weight is 142 g/mol. The Balaban J connectivity index is 2.88. The van der Waals surface area contributed by atoms with Gasteiger partial charge in [-0.25, -0.2) is 4.79 Å². The molecule has 0 aromatic carbocycles. The third kappa shape index (κ3) is 1.10. The zero-order valence-corrected chi connectivity index (χ0v) is 5.33. The van der Waals surface area contributed by atoms with E-state index in [1.807, 2.05) is 0 Å². The molecule has 4 nitrogen and oxygen atoms in total.